The molecule has 1 atom stereocenters. The lowest BCUT2D eigenvalue weighted by molar-refractivity contribution is 0.410. The molecule has 17 heavy (non-hydrogen) atoms. The highest BCUT2D eigenvalue weighted by atomic mass is 14.8. The van der Waals surface area contributed by atoms with Gasteiger partial charge in [-0.15, -0.1) is 0 Å². The number of hydrogen-bond donors (Lipinski definition) is 1. The van der Waals surface area contributed by atoms with Crippen molar-refractivity contribution >= 4 is 0 Å². The van der Waals surface area contributed by atoms with Gasteiger partial charge in [0, 0.05) is 0 Å². The monoisotopic (exact) mass is 241 g/mol. The van der Waals surface area contributed by atoms with Crippen LogP contribution in [0.25, 0.3) is 0 Å². The Labute approximate surface area is 110 Å². The Bertz CT molecular complexity index is 133. The summed E-state index contributed by atoms with van der Waals surface area (Å²) in [5.41, 5.74) is 0. The van der Waals surface area contributed by atoms with Crippen LogP contribution in [-0.4, -0.2) is 13.1 Å². The van der Waals surface area contributed by atoms with Crippen LogP contribution in [0.4, 0.5) is 0 Å². The van der Waals surface area contributed by atoms with E-state index in [2.05, 4.69) is 26.1 Å². The van der Waals surface area contributed by atoms with Crippen molar-refractivity contribution < 1.29 is 0 Å². The van der Waals surface area contributed by atoms with E-state index in [-0.39, 0.29) is 0 Å². The van der Waals surface area contributed by atoms with Crippen LogP contribution in [0.3, 0.4) is 0 Å². The van der Waals surface area contributed by atoms with Crippen LogP contribution in [-0.2, 0) is 0 Å². The molecule has 104 valence electrons. The Balaban J connectivity index is 3.28. The Morgan fingerprint density at radius 3 is 2.00 bits per heavy atom. The van der Waals surface area contributed by atoms with Gasteiger partial charge in [0.2, 0.25) is 0 Å². The zero-order valence-electron chi connectivity index (χ0n) is 12.6. The highest BCUT2D eigenvalue weighted by molar-refractivity contribution is 4.61. The molecule has 0 aromatic carbocycles. The standard InChI is InChI=1S/C16H35N/c1-4-7-9-11-13-16(6-3)15-17-14-12-10-8-5-2/h16-17H,4-15H2,1-3H3. The van der Waals surface area contributed by atoms with E-state index in [0.717, 1.165) is 5.92 Å². The number of nitrogens with one attached hydrogen (secondary N) is 1. The maximum absolute atomic E-state index is 3.64. The normalized spacial score (nSPS) is 12.9. The van der Waals surface area contributed by atoms with Crippen LogP contribution < -0.4 is 5.32 Å². The van der Waals surface area contributed by atoms with Gasteiger partial charge in [-0.2, -0.15) is 0 Å². The molecule has 0 spiro atoms. The van der Waals surface area contributed by atoms with Crippen LogP contribution in [0.5, 0.6) is 0 Å². The van der Waals surface area contributed by atoms with E-state index in [1.54, 1.807) is 0 Å². The first-order valence-electron chi connectivity index (χ1n) is 8.05. The van der Waals surface area contributed by atoms with Gasteiger partial charge in [-0.05, 0) is 31.8 Å². The Kier molecular flexibility index (Phi) is 14.0. The van der Waals surface area contributed by atoms with Crippen molar-refractivity contribution in [2.24, 2.45) is 5.92 Å². The van der Waals surface area contributed by atoms with Gasteiger partial charge < -0.3 is 5.32 Å². The SMILES string of the molecule is CCCCCCNCC(CC)CCCCCC. The molecular formula is C16H35N. The maximum Gasteiger partial charge on any atom is -0.00206 e. The molecule has 0 rings (SSSR count). The van der Waals surface area contributed by atoms with Crippen molar-refractivity contribution in [2.45, 2.75) is 85.0 Å². The molecule has 0 aromatic heterocycles. The van der Waals surface area contributed by atoms with E-state index in [9.17, 15) is 0 Å². The van der Waals surface area contributed by atoms with Crippen molar-refractivity contribution in [3.05, 3.63) is 0 Å². The van der Waals surface area contributed by atoms with Crippen LogP contribution in [0.2, 0.25) is 0 Å². The molecule has 0 aromatic rings. The molecule has 0 bridgehead atoms. The summed E-state index contributed by atoms with van der Waals surface area (Å²) in [7, 11) is 0. The minimum Gasteiger partial charge on any atom is -0.316 e. The first-order chi connectivity index (χ1) is 8.35. The predicted molar refractivity (Wildman–Crippen MR) is 79.6 cm³/mol. The van der Waals surface area contributed by atoms with E-state index >= 15 is 0 Å². The van der Waals surface area contributed by atoms with Gasteiger partial charge in [-0.25, -0.2) is 0 Å². The Hall–Kier alpha value is -0.0400. The third-order valence-corrected chi connectivity index (χ3v) is 3.68. The predicted octanol–water partition coefficient (Wildman–Crippen LogP) is 5.15. The van der Waals surface area contributed by atoms with Crippen molar-refractivity contribution in [1.29, 1.82) is 0 Å². The highest BCUT2D eigenvalue weighted by Crippen LogP contribution is 2.13. The minimum absolute atomic E-state index is 0.915. The third-order valence-electron chi connectivity index (χ3n) is 3.68. The van der Waals surface area contributed by atoms with Gasteiger partial charge in [0.05, 0.1) is 0 Å². The van der Waals surface area contributed by atoms with Gasteiger partial charge in [0.1, 0.15) is 0 Å². The summed E-state index contributed by atoms with van der Waals surface area (Å²) < 4.78 is 0. The highest BCUT2D eigenvalue weighted by Gasteiger charge is 2.04. The second-order valence-corrected chi connectivity index (χ2v) is 5.39. The first-order valence-corrected chi connectivity index (χ1v) is 8.05. The zero-order valence-corrected chi connectivity index (χ0v) is 12.6. The second kappa shape index (κ2) is 14.0. The maximum atomic E-state index is 3.64. The zero-order chi connectivity index (χ0) is 12.8. The van der Waals surface area contributed by atoms with Gasteiger partial charge >= 0.3 is 0 Å². The lowest BCUT2D eigenvalue weighted by Gasteiger charge is -2.15. The molecule has 0 saturated carbocycles. The van der Waals surface area contributed by atoms with E-state index in [0.29, 0.717) is 0 Å². The van der Waals surface area contributed by atoms with Crippen LogP contribution in [0, 0.1) is 5.92 Å². The molecule has 0 aliphatic carbocycles. The molecule has 1 unspecified atom stereocenters. The lowest BCUT2D eigenvalue weighted by Crippen LogP contribution is -2.23. The molecule has 0 fully saturated rings. The minimum atomic E-state index is 0.915. The summed E-state index contributed by atoms with van der Waals surface area (Å²) >= 11 is 0. The fourth-order valence-electron chi connectivity index (χ4n) is 2.29. The number of rotatable bonds is 13. The van der Waals surface area contributed by atoms with E-state index < -0.39 is 0 Å². The van der Waals surface area contributed by atoms with Gasteiger partial charge in [0.15, 0.2) is 0 Å². The van der Waals surface area contributed by atoms with Gasteiger partial charge in [-0.3, -0.25) is 0 Å². The summed E-state index contributed by atoms with van der Waals surface area (Å²) in [5, 5.41) is 3.64. The average Bonchev–Trinajstić information content (AvgIpc) is 2.36. The summed E-state index contributed by atoms with van der Waals surface area (Å²) in [4.78, 5) is 0. The van der Waals surface area contributed by atoms with Crippen molar-refractivity contribution in [1.82, 2.24) is 5.32 Å². The molecule has 0 heterocycles. The van der Waals surface area contributed by atoms with Gasteiger partial charge in [-0.1, -0.05) is 72.1 Å². The van der Waals surface area contributed by atoms with Crippen LogP contribution in [0.15, 0.2) is 0 Å². The molecule has 0 aliphatic heterocycles. The molecule has 0 radical (unpaired) electrons. The molecule has 0 aliphatic rings. The molecule has 1 N–H and O–H groups in total. The van der Waals surface area contributed by atoms with E-state index in [1.165, 1.54) is 77.3 Å². The smallest absolute Gasteiger partial charge is 0.00206 e. The Morgan fingerprint density at radius 2 is 1.41 bits per heavy atom. The summed E-state index contributed by atoms with van der Waals surface area (Å²) in [6.45, 7) is 9.37. The summed E-state index contributed by atoms with van der Waals surface area (Å²) in [6.07, 6.45) is 13.9. The summed E-state index contributed by atoms with van der Waals surface area (Å²) in [5.74, 6) is 0.915. The van der Waals surface area contributed by atoms with E-state index in [4.69, 9.17) is 0 Å². The summed E-state index contributed by atoms with van der Waals surface area (Å²) in [6, 6.07) is 0. The molecule has 1 nitrogen and oxygen atoms in total. The largest absolute Gasteiger partial charge is 0.316 e. The molecule has 0 saturated heterocycles. The van der Waals surface area contributed by atoms with Crippen molar-refractivity contribution in [2.75, 3.05) is 13.1 Å². The van der Waals surface area contributed by atoms with Crippen molar-refractivity contribution in [3.8, 4) is 0 Å². The van der Waals surface area contributed by atoms with E-state index in [1.807, 2.05) is 0 Å². The topological polar surface area (TPSA) is 12.0 Å². The Morgan fingerprint density at radius 1 is 0.765 bits per heavy atom. The number of hydrogen-bond acceptors (Lipinski definition) is 1. The fourth-order valence-corrected chi connectivity index (χ4v) is 2.29. The molecular weight excluding hydrogens is 206 g/mol. The molecule has 0 amide bonds. The first kappa shape index (κ1) is 17.0. The molecule has 1 heteroatoms. The van der Waals surface area contributed by atoms with Crippen LogP contribution >= 0.6 is 0 Å². The van der Waals surface area contributed by atoms with Crippen molar-refractivity contribution in [3.63, 3.8) is 0 Å². The van der Waals surface area contributed by atoms with Gasteiger partial charge in [0.25, 0.3) is 0 Å². The quantitative estimate of drug-likeness (QED) is 0.440. The third kappa shape index (κ3) is 12.2. The average molecular weight is 241 g/mol. The van der Waals surface area contributed by atoms with Crippen LogP contribution in [0.1, 0.15) is 85.0 Å². The number of unbranched alkanes of at least 4 members (excludes halogenated alkanes) is 6. The fraction of sp³-hybridized carbons (Fsp3) is 1.00. The second-order valence-electron chi connectivity index (χ2n) is 5.39. The lowest BCUT2D eigenvalue weighted by atomic mass is 9.98.